The second-order valence-corrected chi connectivity index (χ2v) is 8.03. The number of benzene rings is 3. The zero-order valence-corrected chi connectivity index (χ0v) is 16.7. The van der Waals surface area contributed by atoms with Crippen molar-refractivity contribution in [1.29, 1.82) is 0 Å². The summed E-state index contributed by atoms with van der Waals surface area (Å²) < 4.78 is 2.95. The van der Waals surface area contributed by atoms with Crippen LogP contribution in [0.4, 0.5) is 5.69 Å². The van der Waals surface area contributed by atoms with Crippen molar-refractivity contribution in [2.75, 3.05) is 0 Å². The Morgan fingerprint density at radius 3 is 2.17 bits per heavy atom. The zero-order chi connectivity index (χ0) is 20.2. The monoisotopic (exact) mass is 450 g/mol. The minimum absolute atomic E-state index is 0.00966. The fraction of sp³-hybridized carbons (Fsp3) is 0. The molecule has 1 heterocycles. The fourth-order valence-electron chi connectivity index (χ4n) is 2.67. The van der Waals surface area contributed by atoms with Gasteiger partial charge in [-0.3, -0.25) is 0 Å². The number of aromatic nitrogens is 2. The fourth-order valence-corrected chi connectivity index (χ4v) is 4.58. The van der Waals surface area contributed by atoms with Gasteiger partial charge in [-0.1, -0.05) is 0 Å². The minimum atomic E-state index is -0.454. The summed E-state index contributed by atoms with van der Waals surface area (Å²) in [6, 6.07) is 24.5. The van der Waals surface area contributed by atoms with Crippen LogP contribution in [0.1, 0.15) is 10.4 Å². The molecule has 0 bridgehead atoms. The van der Waals surface area contributed by atoms with E-state index in [9.17, 15) is 14.9 Å². The molecule has 4 rings (SSSR count). The van der Waals surface area contributed by atoms with Crippen molar-refractivity contribution in [2.24, 2.45) is 4.99 Å². The first kappa shape index (κ1) is 18.7. The van der Waals surface area contributed by atoms with E-state index in [2.05, 4.69) is 10.1 Å². The van der Waals surface area contributed by atoms with Crippen LogP contribution in [0.25, 0.3) is 15.8 Å². The third-order valence-corrected chi connectivity index (χ3v) is 6.11. The van der Waals surface area contributed by atoms with Gasteiger partial charge in [0.1, 0.15) is 0 Å². The van der Waals surface area contributed by atoms with Crippen LogP contribution in [0.5, 0.6) is 0 Å². The molecule has 0 spiro atoms. The van der Waals surface area contributed by atoms with E-state index in [4.69, 9.17) is 0 Å². The summed E-state index contributed by atoms with van der Waals surface area (Å²) in [4.78, 5) is 27.4. The molecule has 7 nitrogen and oxygen atoms in total. The number of carbonyl (C=O) groups is 1. The molecular formula is C21H14N4O3Se. The number of nitro benzene ring substituents is 1. The molecule has 0 saturated carbocycles. The number of rotatable bonds is 4. The average Bonchev–Trinajstić information content (AvgIpc) is 3.19. The van der Waals surface area contributed by atoms with Crippen LogP contribution < -0.4 is 4.36 Å². The van der Waals surface area contributed by atoms with E-state index in [1.54, 1.807) is 41.1 Å². The Hall–Kier alpha value is -3.61. The van der Waals surface area contributed by atoms with E-state index in [0.717, 1.165) is 10.1 Å². The number of amides is 1. The Morgan fingerprint density at radius 2 is 1.55 bits per heavy atom. The van der Waals surface area contributed by atoms with Gasteiger partial charge in [0.2, 0.25) is 0 Å². The summed E-state index contributed by atoms with van der Waals surface area (Å²) in [5, 5.41) is 15.6. The molecule has 29 heavy (non-hydrogen) atoms. The molecule has 0 fully saturated rings. The van der Waals surface area contributed by atoms with E-state index in [0.29, 0.717) is 15.6 Å². The maximum absolute atomic E-state index is 12.6. The van der Waals surface area contributed by atoms with E-state index in [1.807, 2.05) is 36.4 Å². The Morgan fingerprint density at radius 1 is 0.931 bits per heavy atom. The van der Waals surface area contributed by atoms with Crippen LogP contribution in [-0.2, 0) is 0 Å². The Balaban J connectivity index is 1.84. The van der Waals surface area contributed by atoms with Crippen molar-refractivity contribution in [3.63, 3.8) is 0 Å². The van der Waals surface area contributed by atoms with Gasteiger partial charge >= 0.3 is 171 Å². The van der Waals surface area contributed by atoms with Crippen LogP contribution in [0.15, 0.2) is 89.9 Å². The van der Waals surface area contributed by atoms with Gasteiger partial charge in [-0.15, -0.1) is 0 Å². The van der Waals surface area contributed by atoms with Gasteiger partial charge in [-0.2, -0.15) is 0 Å². The summed E-state index contributed by atoms with van der Waals surface area (Å²) in [5.74, 6) is -0.348. The topological polar surface area (TPSA) is 90.4 Å². The van der Waals surface area contributed by atoms with Crippen LogP contribution in [-0.4, -0.2) is 35.1 Å². The predicted octanol–water partition coefficient (Wildman–Crippen LogP) is 3.25. The number of hydrogen-bond donors (Lipinski definition) is 0. The second kappa shape index (κ2) is 8.18. The van der Waals surface area contributed by atoms with Gasteiger partial charge in [0.15, 0.2) is 0 Å². The van der Waals surface area contributed by atoms with E-state index in [1.165, 1.54) is 12.1 Å². The van der Waals surface area contributed by atoms with Crippen LogP contribution in [0, 0.1) is 10.1 Å². The van der Waals surface area contributed by atoms with Gasteiger partial charge in [0.25, 0.3) is 0 Å². The van der Waals surface area contributed by atoms with Crippen molar-refractivity contribution in [3.8, 4) is 15.8 Å². The molecule has 0 aliphatic heterocycles. The molecular weight excluding hydrogens is 435 g/mol. The van der Waals surface area contributed by atoms with Crippen LogP contribution in [0.3, 0.4) is 0 Å². The zero-order valence-electron chi connectivity index (χ0n) is 15.0. The summed E-state index contributed by atoms with van der Waals surface area (Å²) in [6.07, 6.45) is 0. The van der Waals surface area contributed by atoms with Crippen LogP contribution in [0.2, 0.25) is 0 Å². The van der Waals surface area contributed by atoms with Gasteiger partial charge in [-0.25, -0.2) is 0 Å². The molecule has 0 atom stereocenters. The van der Waals surface area contributed by atoms with E-state index in [-0.39, 0.29) is 26.1 Å². The molecule has 4 aromatic rings. The maximum atomic E-state index is 12.6. The number of hydrogen-bond acceptors (Lipinski definition) is 4. The molecule has 142 valence electrons. The van der Waals surface area contributed by atoms with Crippen LogP contribution >= 0.6 is 0 Å². The number of non-ortho nitro benzene ring substituents is 1. The molecule has 3 aromatic carbocycles. The van der Waals surface area contributed by atoms with Crippen molar-refractivity contribution in [1.82, 2.24) is 9.78 Å². The predicted molar refractivity (Wildman–Crippen MR) is 109 cm³/mol. The van der Waals surface area contributed by atoms with Crippen molar-refractivity contribution < 1.29 is 9.72 Å². The van der Waals surface area contributed by atoms with Crippen molar-refractivity contribution in [2.45, 2.75) is 0 Å². The van der Waals surface area contributed by atoms with E-state index >= 15 is 0 Å². The normalized spacial score (nSPS) is 11.4. The third-order valence-electron chi connectivity index (χ3n) is 4.10. The Bertz CT molecular complexity index is 1230. The van der Waals surface area contributed by atoms with E-state index < -0.39 is 4.92 Å². The van der Waals surface area contributed by atoms with Gasteiger partial charge < -0.3 is 0 Å². The number of carbonyl (C=O) groups excluding carboxylic acids is 1. The second-order valence-electron chi connectivity index (χ2n) is 6.02. The number of nitrogens with zero attached hydrogens (tertiary/aromatic N) is 4. The molecule has 0 aliphatic rings. The molecule has 0 aliphatic carbocycles. The average molecular weight is 449 g/mol. The quantitative estimate of drug-likeness (QED) is 0.272. The molecule has 0 N–H and O–H groups in total. The molecule has 1 amide bonds. The first-order valence-electron chi connectivity index (χ1n) is 8.66. The molecule has 0 saturated heterocycles. The first-order valence-corrected chi connectivity index (χ1v) is 10.4. The van der Waals surface area contributed by atoms with Gasteiger partial charge in [0, 0.05) is 0 Å². The molecule has 0 radical (unpaired) electrons. The molecule has 8 heteroatoms. The summed E-state index contributed by atoms with van der Waals surface area (Å²) >= 11 is -0.298. The SMILES string of the molecule is O=C(N=c1[se]c(-c2ccccc2)nn1-c1ccc([N+](=O)[O-])cc1)c1ccccc1. The van der Waals surface area contributed by atoms with Crippen molar-refractivity contribution >= 4 is 26.1 Å². The number of nitro groups is 1. The summed E-state index contributed by atoms with van der Waals surface area (Å²) in [5.41, 5.74) is 2.05. The third kappa shape index (κ3) is 4.13. The summed E-state index contributed by atoms with van der Waals surface area (Å²) in [6.45, 7) is 0. The van der Waals surface area contributed by atoms with Gasteiger partial charge in [-0.05, 0) is 0 Å². The Kier molecular flexibility index (Phi) is 5.29. The molecule has 1 aromatic heterocycles. The summed E-state index contributed by atoms with van der Waals surface area (Å²) in [7, 11) is 0. The molecule has 0 unspecified atom stereocenters. The Labute approximate surface area is 171 Å². The van der Waals surface area contributed by atoms with Gasteiger partial charge in [0.05, 0.1) is 0 Å². The standard InChI is InChI=1S/C21H14N4O3Se/c26-19(15-7-3-1-4-8-15)22-21-24(17-11-13-18(14-12-17)25(27)28)23-20(29-21)16-9-5-2-6-10-16/h1-14H. The van der Waals surface area contributed by atoms with Crippen molar-refractivity contribution in [3.05, 3.63) is 105 Å². The first-order chi connectivity index (χ1) is 14.1.